The number of carbonyl (C=O) groups excluding carboxylic acids is 2. The van der Waals surface area contributed by atoms with Crippen LogP contribution in [0.3, 0.4) is 0 Å². The van der Waals surface area contributed by atoms with Crippen LogP contribution >= 0.6 is 0 Å². The Hall–Kier alpha value is -2.14. The third-order valence-electron chi connectivity index (χ3n) is 1.92. The smallest absolute Gasteiger partial charge is 0.330 e. The summed E-state index contributed by atoms with van der Waals surface area (Å²) in [6.45, 7) is 0. The van der Waals surface area contributed by atoms with E-state index in [1.807, 2.05) is 5.43 Å². The monoisotopic (exact) mass is 220 g/mol. The van der Waals surface area contributed by atoms with Crippen LogP contribution in [0, 0.1) is 0 Å². The number of nitrogen functional groups attached to an aromatic ring is 1. The fourth-order valence-corrected chi connectivity index (χ4v) is 1.06. The first-order chi connectivity index (χ1) is 7.67. The van der Waals surface area contributed by atoms with Gasteiger partial charge in [0.15, 0.2) is 0 Å². The number of methoxy groups -OCH3 is 1. The molecule has 1 rings (SSSR count). The van der Waals surface area contributed by atoms with E-state index in [2.05, 4.69) is 4.74 Å². The maximum absolute atomic E-state index is 11.1. The summed E-state index contributed by atoms with van der Waals surface area (Å²) in [5.41, 5.74) is 3.28. The third-order valence-corrected chi connectivity index (χ3v) is 1.92. The Morgan fingerprint density at radius 3 is 2.44 bits per heavy atom. The molecular weight excluding hydrogens is 208 g/mol. The van der Waals surface area contributed by atoms with Crippen molar-refractivity contribution in [1.82, 2.24) is 5.43 Å². The summed E-state index contributed by atoms with van der Waals surface area (Å²) in [5.74, 6) is 4.20. The van der Waals surface area contributed by atoms with Crippen molar-refractivity contribution in [1.29, 1.82) is 0 Å². The SMILES string of the molecule is COC(=O)C=Cc1ccc(C(=O)NN)cc1. The second-order valence-electron chi connectivity index (χ2n) is 2.95. The maximum atomic E-state index is 11.1. The highest BCUT2D eigenvalue weighted by molar-refractivity contribution is 5.94. The van der Waals surface area contributed by atoms with Gasteiger partial charge in [0.25, 0.3) is 5.91 Å². The molecule has 0 atom stereocenters. The van der Waals surface area contributed by atoms with Gasteiger partial charge in [-0.15, -0.1) is 0 Å². The van der Waals surface area contributed by atoms with Gasteiger partial charge in [0.2, 0.25) is 0 Å². The lowest BCUT2D eigenvalue weighted by molar-refractivity contribution is -0.134. The van der Waals surface area contributed by atoms with Gasteiger partial charge >= 0.3 is 5.97 Å². The lowest BCUT2D eigenvalue weighted by atomic mass is 10.1. The van der Waals surface area contributed by atoms with Crippen LogP contribution in [0.1, 0.15) is 15.9 Å². The largest absolute Gasteiger partial charge is 0.466 e. The van der Waals surface area contributed by atoms with Crippen LogP contribution in [0.15, 0.2) is 30.3 Å². The van der Waals surface area contributed by atoms with Crippen molar-refractivity contribution in [2.75, 3.05) is 7.11 Å². The molecule has 0 radical (unpaired) electrons. The van der Waals surface area contributed by atoms with Gasteiger partial charge in [-0.1, -0.05) is 12.1 Å². The molecule has 16 heavy (non-hydrogen) atoms. The molecule has 0 saturated heterocycles. The lowest BCUT2D eigenvalue weighted by Crippen LogP contribution is -2.29. The Morgan fingerprint density at radius 2 is 1.94 bits per heavy atom. The molecule has 0 spiro atoms. The van der Waals surface area contributed by atoms with Crippen LogP contribution in [0.5, 0.6) is 0 Å². The van der Waals surface area contributed by atoms with E-state index < -0.39 is 5.97 Å². The second-order valence-corrected chi connectivity index (χ2v) is 2.95. The zero-order chi connectivity index (χ0) is 12.0. The Labute approximate surface area is 92.9 Å². The van der Waals surface area contributed by atoms with Gasteiger partial charge in [-0.05, 0) is 23.8 Å². The summed E-state index contributed by atoms with van der Waals surface area (Å²) in [5, 5.41) is 0. The van der Waals surface area contributed by atoms with E-state index in [-0.39, 0.29) is 5.91 Å². The quantitative estimate of drug-likeness (QED) is 0.255. The minimum Gasteiger partial charge on any atom is -0.466 e. The van der Waals surface area contributed by atoms with Gasteiger partial charge in [0, 0.05) is 11.6 Å². The van der Waals surface area contributed by atoms with E-state index in [1.54, 1.807) is 30.3 Å². The summed E-state index contributed by atoms with van der Waals surface area (Å²) < 4.78 is 4.44. The number of nitrogens with two attached hydrogens (primary N) is 1. The van der Waals surface area contributed by atoms with Crippen LogP contribution < -0.4 is 11.3 Å². The van der Waals surface area contributed by atoms with Crippen molar-refractivity contribution < 1.29 is 14.3 Å². The second kappa shape index (κ2) is 5.67. The molecule has 84 valence electrons. The van der Waals surface area contributed by atoms with Gasteiger partial charge in [0.1, 0.15) is 0 Å². The number of ether oxygens (including phenoxy) is 1. The molecule has 1 aromatic carbocycles. The highest BCUT2D eigenvalue weighted by Gasteiger charge is 2.01. The summed E-state index contributed by atoms with van der Waals surface area (Å²) in [6, 6.07) is 6.62. The van der Waals surface area contributed by atoms with Crippen molar-refractivity contribution in [3.8, 4) is 0 Å². The number of hydrogen-bond donors (Lipinski definition) is 2. The highest BCUT2D eigenvalue weighted by atomic mass is 16.5. The predicted octanol–water partition coefficient (Wildman–Crippen LogP) is 0.476. The van der Waals surface area contributed by atoms with E-state index in [0.29, 0.717) is 5.56 Å². The fourth-order valence-electron chi connectivity index (χ4n) is 1.06. The normalized spacial score (nSPS) is 10.1. The molecule has 0 aliphatic carbocycles. The minimum atomic E-state index is -0.427. The van der Waals surface area contributed by atoms with Crippen molar-refractivity contribution >= 4 is 18.0 Å². The van der Waals surface area contributed by atoms with Gasteiger partial charge in [-0.2, -0.15) is 0 Å². The molecule has 5 nitrogen and oxygen atoms in total. The zero-order valence-corrected chi connectivity index (χ0v) is 8.77. The first-order valence-electron chi connectivity index (χ1n) is 4.54. The average Bonchev–Trinajstić information content (AvgIpc) is 2.35. The molecule has 0 heterocycles. The van der Waals surface area contributed by atoms with E-state index in [9.17, 15) is 9.59 Å². The van der Waals surface area contributed by atoms with Gasteiger partial charge in [-0.3, -0.25) is 10.2 Å². The molecule has 0 bridgehead atoms. The Kier molecular flexibility index (Phi) is 4.23. The third kappa shape index (κ3) is 3.21. The Morgan fingerprint density at radius 1 is 1.31 bits per heavy atom. The number of rotatable bonds is 3. The first-order valence-corrected chi connectivity index (χ1v) is 4.54. The van der Waals surface area contributed by atoms with Crippen LogP contribution in [-0.2, 0) is 9.53 Å². The fraction of sp³-hybridized carbons (Fsp3) is 0.0909. The minimum absolute atomic E-state index is 0.358. The van der Waals surface area contributed by atoms with Crippen LogP contribution in [0.4, 0.5) is 0 Å². The predicted molar refractivity (Wildman–Crippen MR) is 59.1 cm³/mol. The standard InChI is InChI=1S/C11H12N2O3/c1-16-10(14)7-4-8-2-5-9(6-3-8)11(15)13-12/h2-7H,12H2,1H3,(H,13,15). The molecular formula is C11H12N2O3. The van der Waals surface area contributed by atoms with Crippen LogP contribution in [-0.4, -0.2) is 19.0 Å². The molecule has 0 saturated carbocycles. The molecule has 3 N–H and O–H groups in total. The molecule has 0 unspecified atom stereocenters. The van der Waals surface area contributed by atoms with Gasteiger partial charge in [-0.25, -0.2) is 10.6 Å². The van der Waals surface area contributed by atoms with Crippen molar-refractivity contribution in [3.63, 3.8) is 0 Å². The Bertz CT molecular complexity index is 410. The summed E-state index contributed by atoms with van der Waals surface area (Å²) in [4.78, 5) is 21.9. The van der Waals surface area contributed by atoms with Gasteiger partial charge in [0.05, 0.1) is 7.11 Å². The maximum Gasteiger partial charge on any atom is 0.330 e. The summed E-state index contributed by atoms with van der Waals surface area (Å²) >= 11 is 0. The highest BCUT2D eigenvalue weighted by Crippen LogP contribution is 2.06. The Balaban J connectivity index is 2.75. The molecule has 0 fully saturated rings. The molecule has 1 aromatic rings. The topological polar surface area (TPSA) is 81.4 Å². The van der Waals surface area contributed by atoms with Gasteiger partial charge < -0.3 is 4.74 Å². The van der Waals surface area contributed by atoms with Crippen molar-refractivity contribution in [3.05, 3.63) is 41.5 Å². The molecule has 0 aliphatic heterocycles. The average molecular weight is 220 g/mol. The number of nitrogens with one attached hydrogen (secondary N) is 1. The van der Waals surface area contributed by atoms with Crippen LogP contribution in [0.25, 0.3) is 6.08 Å². The zero-order valence-electron chi connectivity index (χ0n) is 8.77. The summed E-state index contributed by atoms with van der Waals surface area (Å²) in [6.07, 6.45) is 2.90. The number of amides is 1. The number of carbonyl (C=O) groups is 2. The number of benzene rings is 1. The number of hydrazine groups is 1. The molecule has 5 heteroatoms. The van der Waals surface area contributed by atoms with Crippen molar-refractivity contribution in [2.24, 2.45) is 5.84 Å². The van der Waals surface area contributed by atoms with Crippen molar-refractivity contribution in [2.45, 2.75) is 0 Å². The summed E-state index contributed by atoms with van der Waals surface area (Å²) in [7, 11) is 1.31. The molecule has 0 aromatic heterocycles. The molecule has 1 amide bonds. The number of hydrogen-bond acceptors (Lipinski definition) is 4. The van der Waals surface area contributed by atoms with E-state index in [1.165, 1.54) is 13.2 Å². The van der Waals surface area contributed by atoms with Crippen LogP contribution in [0.2, 0.25) is 0 Å². The van der Waals surface area contributed by atoms with E-state index in [4.69, 9.17) is 5.84 Å². The number of esters is 1. The first kappa shape index (κ1) is 11.9. The van der Waals surface area contributed by atoms with E-state index >= 15 is 0 Å². The van der Waals surface area contributed by atoms with E-state index in [0.717, 1.165) is 5.56 Å². The molecule has 0 aliphatic rings. The lowest BCUT2D eigenvalue weighted by Gasteiger charge is -1.99.